The zero-order valence-electron chi connectivity index (χ0n) is 13.4. The molecule has 1 aliphatic heterocycles. The van der Waals surface area contributed by atoms with Gasteiger partial charge in [-0.2, -0.15) is 5.26 Å². The minimum Gasteiger partial charge on any atom is -0.467 e. The highest BCUT2D eigenvalue weighted by atomic mass is 19.1. The fourth-order valence-corrected chi connectivity index (χ4v) is 2.12. The molecule has 0 bridgehead atoms. The lowest BCUT2D eigenvalue weighted by atomic mass is 9.77. The van der Waals surface area contributed by atoms with E-state index in [1.165, 1.54) is 13.2 Å². The summed E-state index contributed by atoms with van der Waals surface area (Å²) in [6, 6.07) is 4.29. The predicted molar refractivity (Wildman–Crippen MR) is 79.3 cm³/mol. The summed E-state index contributed by atoms with van der Waals surface area (Å²) in [6.45, 7) is 7.52. The van der Waals surface area contributed by atoms with Crippen molar-refractivity contribution in [3.8, 4) is 11.8 Å². The topological polar surface area (TPSA) is 60.7 Å². The SMILES string of the molecule is COCOc1c(C#N)cc(F)cc1B1OC(C)(C)C(C)(C)O1. The summed E-state index contributed by atoms with van der Waals surface area (Å²) in [7, 11) is 0.643. The van der Waals surface area contributed by atoms with Gasteiger partial charge < -0.3 is 18.8 Å². The van der Waals surface area contributed by atoms with Crippen LogP contribution in [0.15, 0.2) is 12.1 Å². The van der Waals surface area contributed by atoms with Crippen LogP contribution in [0.4, 0.5) is 4.39 Å². The molecule has 118 valence electrons. The van der Waals surface area contributed by atoms with Crippen molar-refractivity contribution in [1.82, 2.24) is 0 Å². The Morgan fingerprint density at radius 3 is 2.32 bits per heavy atom. The molecule has 22 heavy (non-hydrogen) atoms. The van der Waals surface area contributed by atoms with Gasteiger partial charge in [0.15, 0.2) is 6.79 Å². The van der Waals surface area contributed by atoms with Gasteiger partial charge in [0.25, 0.3) is 0 Å². The second-order valence-electron chi connectivity index (χ2n) is 6.12. The molecule has 1 aliphatic rings. The molecule has 1 heterocycles. The highest BCUT2D eigenvalue weighted by Crippen LogP contribution is 2.37. The Balaban J connectivity index is 2.47. The Hall–Kier alpha value is -1.62. The molecule has 0 unspecified atom stereocenters. The van der Waals surface area contributed by atoms with Gasteiger partial charge in [0.1, 0.15) is 17.6 Å². The first kappa shape index (κ1) is 16.8. The van der Waals surface area contributed by atoms with E-state index in [1.807, 2.05) is 33.8 Å². The molecule has 1 aromatic carbocycles. The summed E-state index contributed by atoms with van der Waals surface area (Å²) in [4.78, 5) is 0. The molecule has 1 fully saturated rings. The zero-order chi connectivity index (χ0) is 16.5. The first-order chi connectivity index (χ1) is 10.2. The largest absolute Gasteiger partial charge is 0.498 e. The Morgan fingerprint density at radius 1 is 1.23 bits per heavy atom. The van der Waals surface area contributed by atoms with Crippen molar-refractivity contribution in [3.05, 3.63) is 23.5 Å². The smallest absolute Gasteiger partial charge is 0.467 e. The molecule has 5 nitrogen and oxygen atoms in total. The summed E-state index contributed by atoms with van der Waals surface area (Å²) < 4.78 is 35.9. The van der Waals surface area contributed by atoms with E-state index in [1.54, 1.807) is 0 Å². The van der Waals surface area contributed by atoms with E-state index < -0.39 is 24.1 Å². The number of nitriles is 1. The van der Waals surface area contributed by atoms with E-state index in [2.05, 4.69) is 0 Å². The van der Waals surface area contributed by atoms with Crippen LogP contribution in [-0.4, -0.2) is 32.2 Å². The summed E-state index contributed by atoms with van der Waals surface area (Å²) in [6.07, 6.45) is 0. The van der Waals surface area contributed by atoms with E-state index in [9.17, 15) is 9.65 Å². The molecule has 0 aromatic heterocycles. The molecule has 0 saturated carbocycles. The maximum atomic E-state index is 13.8. The van der Waals surface area contributed by atoms with Crippen LogP contribution in [0.2, 0.25) is 0 Å². The molecule has 0 atom stereocenters. The molecule has 7 heteroatoms. The molecular weight excluding hydrogens is 288 g/mol. The van der Waals surface area contributed by atoms with Crippen LogP contribution in [-0.2, 0) is 14.0 Å². The van der Waals surface area contributed by atoms with Crippen molar-refractivity contribution < 1.29 is 23.2 Å². The number of hydrogen-bond acceptors (Lipinski definition) is 5. The fourth-order valence-electron chi connectivity index (χ4n) is 2.12. The highest BCUT2D eigenvalue weighted by molar-refractivity contribution is 6.63. The summed E-state index contributed by atoms with van der Waals surface area (Å²) in [5, 5.41) is 9.20. The van der Waals surface area contributed by atoms with Crippen molar-refractivity contribution in [3.63, 3.8) is 0 Å². The van der Waals surface area contributed by atoms with Crippen LogP contribution in [0.5, 0.6) is 5.75 Å². The monoisotopic (exact) mass is 307 g/mol. The predicted octanol–water partition coefficient (Wildman–Crippen LogP) is 1.98. The summed E-state index contributed by atoms with van der Waals surface area (Å²) in [5.41, 5.74) is -0.737. The maximum Gasteiger partial charge on any atom is 0.498 e. The van der Waals surface area contributed by atoms with E-state index >= 15 is 0 Å². The lowest BCUT2D eigenvalue weighted by Gasteiger charge is -2.32. The number of nitrogens with zero attached hydrogens (tertiary/aromatic N) is 1. The molecule has 0 radical (unpaired) electrons. The standard InChI is InChI=1S/C15H19BFNO4/c1-14(2)15(3,4)22-16(21-14)12-7-11(17)6-10(8-18)13(12)20-9-19-5/h6-7H,9H2,1-5H3. The Morgan fingerprint density at radius 2 is 1.82 bits per heavy atom. The molecule has 0 amide bonds. The third-order valence-corrected chi connectivity index (χ3v) is 4.03. The third kappa shape index (κ3) is 2.95. The van der Waals surface area contributed by atoms with Crippen LogP contribution in [0, 0.1) is 17.1 Å². The van der Waals surface area contributed by atoms with Crippen molar-refractivity contribution >= 4 is 12.6 Å². The van der Waals surface area contributed by atoms with E-state index in [0.29, 0.717) is 5.46 Å². The second-order valence-corrected chi connectivity index (χ2v) is 6.12. The number of hydrogen-bond donors (Lipinski definition) is 0. The average Bonchev–Trinajstić information content (AvgIpc) is 2.65. The maximum absolute atomic E-state index is 13.8. The minimum atomic E-state index is -0.820. The van der Waals surface area contributed by atoms with Crippen molar-refractivity contribution in [2.24, 2.45) is 0 Å². The van der Waals surface area contributed by atoms with Gasteiger partial charge in [-0.25, -0.2) is 4.39 Å². The lowest BCUT2D eigenvalue weighted by Crippen LogP contribution is -2.41. The minimum absolute atomic E-state index is 0.0627. The van der Waals surface area contributed by atoms with E-state index in [0.717, 1.165) is 6.07 Å². The average molecular weight is 307 g/mol. The number of halogens is 1. The lowest BCUT2D eigenvalue weighted by molar-refractivity contribution is 0.00578. The van der Waals surface area contributed by atoms with Crippen LogP contribution >= 0.6 is 0 Å². The Labute approximate surface area is 130 Å². The number of benzene rings is 1. The highest BCUT2D eigenvalue weighted by Gasteiger charge is 2.52. The Kier molecular flexibility index (Phi) is 4.48. The molecule has 1 aromatic rings. The first-order valence-electron chi connectivity index (χ1n) is 6.93. The van der Waals surface area contributed by atoms with Crippen LogP contribution in [0.25, 0.3) is 0 Å². The van der Waals surface area contributed by atoms with Crippen LogP contribution in [0.3, 0.4) is 0 Å². The van der Waals surface area contributed by atoms with Crippen molar-refractivity contribution in [2.45, 2.75) is 38.9 Å². The second kappa shape index (κ2) is 5.88. The molecule has 1 saturated heterocycles. The normalized spacial score (nSPS) is 19.0. The van der Waals surface area contributed by atoms with E-state index in [-0.39, 0.29) is 18.1 Å². The van der Waals surface area contributed by atoms with Gasteiger partial charge in [0.05, 0.1) is 16.8 Å². The van der Waals surface area contributed by atoms with Gasteiger partial charge in [-0.3, -0.25) is 0 Å². The van der Waals surface area contributed by atoms with Gasteiger partial charge >= 0.3 is 7.12 Å². The summed E-state index contributed by atoms with van der Waals surface area (Å²) >= 11 is 0. The van der Waals surface area contributed by atoms with Gasteiger partial charge in [0, 0.05) is 12.6 Å². The molecular formula is C15H19BFNO4. The molecule has 0 aliphatic carbocycles. The number of methoxy groups -OCH3 is 1. The molecule has 2 rings (SSSR count). The van der Waals surface area contributed by atoms with Crippen LogP contribution < -0.4 is 10.2 Å². The number of ether oxygens (including phenoxy) is 2. The number of rotatable bonds is 4. The third-order valence-electron chi connectivity index (χ3n) is 4.03. The zero-order valence-corrected chi connectivity index (χ0v) is 13.4. The van der Waals surface area contributed by atoms with Crippen LogP contribution in [0.1, 0.15) is 33.3 Å². The van der Waals surface area contributed by atoms with Crippen molar-refractivity contribution in [2.75, 3.05) is 13.9 Å². The quantitative estimate of drug-likeness (QED) is 0.629. The Bertz CT molecular complexity index is 596. The van der Waals surface area contributed by atoms with Gasteiger partial charge in [0.2, 0.25) is 0 Å². The summed E-state index contributed by atoms with van der Waals surface area (Å²) in [5.74, 6) is -0.338. The van der Waals surface area contributed by atoms with Crippen molar-refractivity contribution in [1.29, 1.82) is 5.26 Å². The fraction of sp³-hybridized carbons (Fsp3) is 0.533. The molecule has 0 N–H and O–H groups in total. The first-order valence-corrected chi connectivity index (χ1v) is 6.93. The van der Waals surface area contributed by atoms with Gasteiger partial charge in [-0.1, -0.05) is 0 Å². The molecule has 0 spiro atoms. The van der Waals surface area contributed by atoms with Gasteiger partial charge in [-0.05, 0) is 39.8 Å². The van der Waals surface area contributed by atoms with Gasteiger partial charge in [-0.15, -0.1) is 0 Å². The van der Waals surface area contributed by atoms with E-state index in [4.69, 9.17) is 18.8 Å².